The SMILES string of the molecule is CCC(F)C(F)C(F)[C@H](F)C(F)(F)F. The Morgan fingerprint density at radius 2 is 1.36 bits per heavy atom. The van der Waals surface area contributed by atoms with E-state index >= 15 is 0 Å². The Morgan fingerprint density at radius 1 is 0.929 bits per heavy atom. The fraction of sp³-hybridized carbons (Fsp3) is 1.00. The molecule has 0 heterocycles. The van der Waals surface area contributed by atoms with Crippen LogP contribution in [0.5, 0.6) is 0 Å². The third-order valence-electron chi connectivity index (χ3n) is 1.63. The van der Waals surface area contributed by atoms with Crippen LogP contribution in [-0.4, -0.2) is 30.9 Å². The van der Waals surface area contributed by atoms with Gasteiger partial charge >= 0.3 is 6.18 Å². The Kier molecular flexibility index (Phi) is 4.67. The third-order valence-corrected chi connectivity index (χ3v) is 1.63. The Hall–Kier alpha value is -0.490. The number of hydrogen-bond donors (Lipinski definition) is 0. The van der Waals surface area contributed by atoms with Crippen molar-refractivity contribution >= 4 is 0 Å². The standard InChI is InChI=1S/C7H9F7/c1-2-3(8)4(9)5(10)6(11)7(12,13)14/h3-6H,2H2,1H3/t3?,4?,5?,6-/m0/s1. The first-order valence-electron chi connectivity index (χ1n) is 3.84. The highest BCUT2D eigenvalue weighted by molar-refractivity contribution is 4.85. The van der Waals surface area contributed by atoms with Gasteiger partial charge in [0.2, 0.25) is 6.17 Å². The first-order valence-corrected chi connectivity index (χ1v) is 3.84. The zero-order valence-corrected chi connectivity index (χ0v) is 7.16. The molecular weight excluding hydrogens is 217 g/mol. The minimum absolute atomic E-state index is 0.508. The van der Waals surface area contributed by atoms with Gasteiger partial charge in [-0.2, -0.15) is 13.2 Å². The highest BCUT2D eigenvalue weighted by Gasteiger charge is 2.50. The molecule has 14 heavy (non-hydrogen) atoms. The van der Waals surface area contributed by atoms with E-state index in [4.69, 9.17) is 0 Å². The molecule has 0 aliphatic rings. The third kappa shape index (κ3) is 3.34. The number of hydrogen-bond acceptors (Lipinski definition) is 0. The van der Waals surface area contributed by atoms with Gasteiger partial charge in [0.1, 0.15) is 6.17 Å². The van der Waals surface area contributed by atoms with Crippen LogP contribution in [0.3, 0.4) is 0 Å². The molecule has 0 radical (unpaired) electrons. The molecule has 4 atom stereocenters. The average Bonchev–Trinajstić information content (AvgIpc) is 2.11. The molecule has 0 N–H and O–H groups in total. The normalized spacial score (nSPS) is 21.4. The van der Waals surface area contributed by atoms with E-state index in [0.717, 1.165) is 6.92 Å². The lowest BCUT2D eigenvalue weighted by Crippen LogP contribution is -2.42. The lowest BCUT2D eigenvalue weighted by atomic mass is 10.1. The van der Waals surface area contributed by atoms with Gasteiger partial charge in [0.25, 0.3) is 0 Å². The van der Waals surface area contributed by atoms with E-state index in [0.29, 0.717) is 0 Å². The molecule has 0 aliphatic carbocycles. The van der Waals surface area contributed by atoms with Crippen LogP contribution in [0.15, 0.2) is 0 Å². The predicted molar refractivity (Wildman–Crippen MR) is 35.9 cm³/mol. The second-order valence-electron chi connectivity index (χ2n) is 2.76. The molecule has 0 bridgehead atoms. The quantitative estimate of drug-likeness (QED) is 0.645. The van der Waals surface area contributed by atoms with E-state index in [-0.39, 0.29) is 0 Å². The molecule has 86 valence electrons. The van der Waals surface area contributed by atoms with Crippen molar-refractivity contribution in [1.82, 2.24) is 0 Å². The van der Waals surface area contributed by atoms with Crippen molar-refractivity contribution < 1.29 is 30.7 Å². The summed E-state index contributed by atoms with van der Waals surface area (Å²) in [5.41, 5.74) is 0. The van der Waals surface area contributed by atoms with Crippen LogP contribution in [0.1, 0.15) is 13.3 Å². The zero-order valence-electron chi connectivity index (χ0n) is 7.16. The van der Waals surface area contributed by atoms with Crippen molar-refractivity contribution in [3.8, 4) is 0 Å². The van der Waals surface area contributed by atoms with Crippen LogP contribution >= 0.6 is 0 Å². The molecular formula is C7H9F7. The van der Waals surface area contributed by atoms with Crippen molar-refractivity contribution in [2.45, 2.75) is 44.2 Å². The summed E-state index contributed by atoms with van der Waals surface area (Å²) in [6.45, 7) is 1.12. The van der Waals surface area contributed by atoms with Gasteiger partial charge in [-0.05, 0) is 6.42 Å². The van der Waals surface area contributed by atoms with Gasteiger partial charge in [0, 0.05) is 0 Å². The minimum Gasteiger partial charge on any atom is -0.244 e. The van der Waals surface area contributed by atoms with Crippen LogP contribution in [0.4, 0.5) is 30.7 Å². The highest BCUT2D eigenvalue weighted by atomic mass is 19.4. The summed E-state index contributed by atoms with van der Waals surface area (Å²) >= 11 is 0. The molecule has 0 aromatic rings. The van der Waals surface area contributed by atoms with Crippen LogP contribution in [-0.2, 0) is 0 Å². The van der Waals surface area contributed by atoms with Crippen molar-refractivity contribution in [1.29, 1.82) is 0 Å². The van der Waals surface area contributed by atoms with Gasteiger partial charge in [-0.25, -0.2) is 17.6 Å². The summed E-state index contributed by atoms with van der Waals surface area (Å²) in [5, 5.41) is 0. The van der Waals surface area contributed by atoms with Crippen LogP contribution in [0.25, 0.3) is 0 Å². The molecule has 0 fully saturated rings. The molecule has 7 heteroatoms. The summed E-state index contributed by atoms with van der Waals surface area (Å²) in [5.74, 6) is 0. The van der Waals surface area contributed by atoms with Gasteiger partial charge in [-0.1, -0.05) is 6.92 Å². The molecule has 0 aliphatic heterocycles. The second kappa shape index (κ2) is 4.84. The van der Waals surface area contributed by atoms with E-state index in [1.165, 1.54) is 0 Å². The van der Waals surface area contributed by atoms with E-state index in [9.17, 15) is 30.7 Å². The van der Waals surface area contributed by atoms with Gasteiger partial charge in [-0.15, -0.1) is 0 Å². The van der Waals surface area contributed by atoms with Crippen LogP contribution in [0.2, 0.25) is 0 Å². The molecule has 0 amide bonds. The van der Waals surface area contributed by atoms with Gasteiger partial charge in [0.15, 0.2) is 12.3 Å². The number of rotatable bonds is 4. The zero-order chi connectivity index (χ0) is 11.5. The van der Waals surface area contributed by atoms with Crippen molar-refractivity contribution in [3.05, 3.63) is 0 Å². The smallest absolute Gasteiger partial charge is 0.244 e. The summed E-state index contributed by atoms with van der Waals surface area (Å²) in [4.78, 5) is 0. The first kappa shape index (κ1) is 13.5. The Morgan fingerprint density at radius 3 is 1.64 bits per heavy atom. The van der Waals surface area contributed by atoms with Crippen molar-refractivity contribution in [3.63, 3.8) is 0 Å². The molecule has 0 rings (SSSR count). The van der Waals surface area contributed by atoms with Crippen molar-refractivity contribution in [2.24, 2.45) is 0 Å². The fourth-order valence-corrected chi connectivity index (χ4v) is 0.767. The summed E-state index contributed by atoms with van der Waals surface area (Å²) in [6.07, 6.45) is -19.0. The van der Waals surface area contributed by atoms with E-state index in [2.05, 4.69) is 0 Å². The Labute approximate surface area is 76.1 Å². The molecule has 0 nitrogen and oxygen atoms in total. The maximum absolute atomic E-state index is 12.5. The largest absolute Gasteiger partial charge is 0.422 e. The topological polar surface area (TPSA) is 0 Å². The molecule has 0 saturated heterocycles. The van der Waals surface area contributed by atoms with Crippen LogP contribution < -0.4 is 0 Å². The fourth-order valence-electron chi connectivity index (χ4n) is 0.767. The molecule has 0 aromatic carbocycles. The molecule has 3 unspecified atom stereocenters. The highest BCUT2D eigenvalue weighted by Crippen LogP contribution is 2.30. The average molecular weight is 226 g/mol. The van der Waals surface area contributed by atoms with Crippen molar-refractivity contribution in [2.75, 3.05) is 0 Å². The molecule has 0 saturated carbocycles. The summed E-state index contributed by atoms with van der Waals surface area (Å²) in [6, 6.07) is 0. The summed E-state index contributed by atoms with van der Waals surface area (Å²) < 4.78 is 84.0. The lowest BCUT2D eigenvalue weighted by molar-refractivity contribution is -0.204. The number of halogens is 7. The van der Waals surface area contributed by atoms with Gasteiger partial charge < -0.3 is 0 Å². The molecule has 0 aromatic heterocycles. The predicted octanol–water partition coefficient (Wildman–Crippen LogP) is 3.31. The lowest BCUT2D eigenvalue weighted by Gasteiger charge is -2.21. The van der Waals surface area contributed by atoms with E-state index < -0.39 is 37.3 Å². The van der Waals surface area contributed by atoms with Gasteiger partial charge in [-0.3, -0.25) is 0 Å². The second-order valence-corrected chi connectivity index (χ2v) is 2.76. The Balaban J connectivity index is 4.38. The van der Waals surface area contributed by atoms with E-state index in [1.54, 1.807) is 0 Å². The van der Waals surface area contributed by atoms with Gasteiger partial charge in [0.05, 0.1) is 0 Å². The number of alkyl halides is 7. The summed E-state index contributed by atoms with van der Waals surface area (Å²) in [7, 11) is 0. The van der Waals surface area contributed by atoms with Crippen LogP contribution in [0, 0.1) is 0 Å². The Bertz CT molecular complexity index is 166. The van der Waals surface area contributed by atoms with E-state index in [1.807, 2.05) is 0 Å². The maximum Gasteiger partial charge on any atom is 0.422 e. The minimum atomic E-state index is -5.50. The first-order chi connectivity index (χ1) is 6.21. The molecule has 0 spiro atoms. The monoisotopic (exact) mass is 226 g/mol. The maximum atomic E-state index is 12.5.